The van der Waals surface area contributed by atoms with E-state index >= 15 is 0 Å². The zero-order chi connectivity index (χ0) is 14.9. The summed E-state index contributed by atoms with van der Waals surface area (Å²) in [5.41, 5.74) is 1.07. The Bertz CT molecular complexity index is 675. The van der Waals surface area contributed by atoms with Crippen molar-refractivity contribution in [3.05, 3.63) is 36.2 Å². The van der Waals surface area contributed by atoms with Crippen molar-refractivity contribution in [3.8, 4) is 11.4 Å². The van der Waals surface area contributed by atoms with Crippen LogP contribution in [0.1, 0.15) is 12.2 Å². The van der Waals surface area contributed by atoms with Gasteiger partial charge < -0.3 is 14.8 Å². The Kier molecular flexibility index (Phi) is 3.38. The first kappa shape index (κ1) is 13.5. The van der Waals surface area contributed by atoms with E-state index in [0.29, 0.717) is 6.54 Å². The van der Waals surface area contributed by atoms with Gasteiger partial charge >= 0.3 is 0 Å². The summed E-state index contributed by atoms with van der Waals surface area (Å²) >= 11 is 0. The third kappa shape index (κ3) is 2.29. The molecule has 1 saturated heterocycles. The van der Waals surface area contributed by atoms with Crippen molar-refractivity contribution in [1.82, 2.24) is 25.0 Å². The average molecular weight is 297 g/mol. The number of hydrogen-bond acceptors (Lipinski definition) is 4. The molecule has 114 valence electrons. The van der Waals surface area contributed by atoms with Gasteiger partial charge in [0.1, 0.15) is 0 Å². The van der Waals surface area contributed by atoms with E-state index in [1.54, 1.807) is 0 Å². The Labute approximate surface area is 129 Å². The lowest BCUT2D eigenvalue weighted by Crippen LogP contribution is -2.42. The fourth-order valence-corrected chi connectivity index (χ4v) is 3.27. The zero-order valence-corrected chi connectivity index (χ0v) is 12.4. The first-order valence-corrected chi connectivity index (χ1v) is 7.80. The molecule has 3 heterocycles. The van der Waals surface area contributed by atoms with Crippen LogP contribution in [0.5, 0.6) is 0 Å². The Balaban J connectivity index is 1.55. The number of aromatic nitrogens is 3. The van der Waals surface area contributed by atoms with Gasteiger partial charge in [-0.1, -0.05) is 30.3 Å². The molecule has 1 atom stereocenters. The Morgan fingerprint density at radius 2 is 2.05 bits per heavy atom. The van der Waals surface area contributed by atoms with Crippen LogP contribution in [-0.4, -0.2) is 45.2 Å². The topological polar surface area (TPSA) is 63.1 Å². The summed E-state index contributed by atoms with van der Waals surface area (Å²) in [6.45, 7) is 3.81. The Morgan fingerprint density at radius 1 is 1.18 bits per heavy atom. The standard InChI is InChI=1S/C16H19N5O/c22-16(13-6-7-17-10-13)20-8-9-21-14(11-20)18-19-15(21)12-4-2-1-3-5-12/h1-5,13,17H,6-11H2. The van der Waals surface area contributed by atoms with Crippen LogP contribution in [0.25, 0.3) is 11.4 Å². The monoisotopic (exact) mass is 297 g/mol. The van der Waals surface area contributed by atoms with Crippen molar-refractivity contribution < 1.29 is 4.79 Å². The van der Waals surface area contributed by atoms with E-state index in [1.165, 1.54) is 0 Å². The molecule has 1 fully saturated rings. The number of benzene rings is 1. The van der Waals surface area contributed by atoms with Crippen LogP contribution in [0.2, 0.25) is 0 Å². The van der Waals surface area contributed by atoms with Crippen LogP contribution >= 0.6 is 0 Å². The second-order valence-corrected chi connectivity index (χ2v) is 5.91. The summed E-state index contributed by atoms with van der Waals surface area (Å²) in [6, 6.07) is 10.1. The number of rotatable bonds is 2. The number of nitrogens with one attached hydrogen (secondary N) is 1. The number of carbonyl (C=O) groups excluding carboxylic acids is 1. The van der Waals surface area contributed by atoms with Gasteiger partial charge in [-0.15, -0.1) is 10.2 Å². The van der Waals surface area contributed by atoms with E-state index in [1.807, 2.05) is 35.2 Å². The second-order valence-electron chi connectivity index (χ2n) is 5.91. The fraction of sp³-hybridized carbons (Fsp3) is 0.438. The maximum absolute atomic E-state index is 12.5. The summed E-state index contributed by atoms with van der Waals surface area (Å²) < 4.78 is 2.13. The third-order valence-electron chi connectivity index (χ3n) is 4.51. The highest BCUT2D eigenvalue weighted by Crippen LogP contribution is 2.23. The Hall–Kier alpha value is -2.21. The highest BCUT2D eigenvalue weighted by atomic mass is 16.2. The first-order valence-electron chi connectivity index (χ1n) is 7.80. The highest BCUT2D eigenvalue weighted by molar-refractivity contribution is 5.79. The lowest BCUT2D eigenvalue weighted by Gasteiger charge is -2.29. The van der Waals surface area contributed by atoms with E-state index in [2.05, 4.69) is 20.1 Å². The van der Waals surface area contributed by atoms with E-state index in [4.69, 9.17) is 0 Å². The lowest BCUT2D eigenvalue weighted by molar-refractivity contribution is -0.136. The Morgan fingerprint density at radius 3 is 2.82 bits per heavy atom. The molecular formula is C16H19N5O. The number of carbonyl (C=O) groups is 1. The minimum absolute atomic E-state index is 0.128. The van der Waals surface area contributed by atoms with Gasteiger partial charge in [0, 0.05) is 25.2 Å². The number of amides is 1. The minimum atomic E-state index is 0.128. The van der Waals surface area contributed by atoms with Crippen molar-refractivity contribution in [2.75, 3.05) is 19.6 Å². The van der Waals surface area contributed by atoms with Gasteiger partial charge in [-0.2, -0.15) is 0 Å². The quantitative estimate of drug-likeness (QED) is 0.894. The summed E-state index contributed by atoms with van der Waals surface area (Å²) in [7, 11) is 0. The summed E-state index contributed by atoms with van der Waals surface area (Å²) in [5, 5.41) is 11.9. The molecule has 1 N–H and O–H groups in total. The molecule has 1 aromatic heterocycles. The van der Waals surface area contributed by atoms with Gasteiger partial charge in [-0.3, -0.25) is 4.79 Å². The molecule has 0 aliphatic carbocycles. The number of nitrogens with zero attached hydrogens (tertiary/aromatic N) is 4. The van der Waals surface area contributed by atoms with Gasteiger partial charge in [0.05, 0.1) is 12.5 Å². The number of hydrogen-bond donors (Lipinski definition) is 1. The summed E-state index contributed by atoms with van der Waals surface area (Å²) in [6.07, 6.45) is 0.942. The maximum atomic E-state index is 12.5. The van der Waals surface area contributed by atoms with Crippen molar-refractivity contribution in [2.24, 2.45) is 5.92 Å². The van der Waals surface area contributed by atoms with Crippen molar-refractivity contribution in [3.63, 3.8) is 0 Å². The average Bonchev–Trinajstić information content (AvgIpc) is 3.24. The summed E-state index contributed by atoms with van der Waals surface area (Å²) in [5.74, 6) is 2.15. The second kappa shape index (κ2) is 5.53. The van der Waals surface area contributed by atoms with Gasteiger partial charge in [0.15, 0.2) is 11.6 Å². The molecule has 0 spiro atoms. The first-order chi connectivity index (χ1) is 10.8. The molecule has 1 amide bonds. The smallest absolute Gasteiger partial charge is 0.227 e. The van der Waals surface area contributed by atoms with E-state index in [9.17, 15) is 4.79 Å². The van der Waals surface area contributed by atoms with Gasteiger partial charge in [-0.05, 0) is 13.0 Å². The highest BCUT2D eigenvalue weighted by Gasteiger charge is 2.30. The largest absolute Gasteiger partial charge is 0.333 e. The molecule has 1 unspecified atom stereocenters. The van der Waals surface area contributed by atoms with E-state index < -0.39 is 0 Å². The van der Waals surface area contributed by atoms with Crippen molar-refractivity contribution in [2.45, 2.75) is 19.5 Å². The molecule has 6 nitrogen and oxygen atoms in total. The van der Waals surface area contributed by atoms with Gasteiger partial charge in [0.2, 0.25) is 5.91 Å². The molecule has 22 heavy (non-hydrogen) atoms. The van der Waals surface area contributed by atoms with Crippen LogP contribution in [0, 0.1) is 5.92 Å². The molecular weight excluding hydrogens is 278 g/mol. The number of fused-ring (bicyclic) bond motifs is 1. The molecule has 2 aliphatic rings. The zero-order valence-electron chi connectivity index (χ0n) is 12.4. The summed E-state index contributed by atoms with van der Waals surface area (Å²) in [4.78, 5) is 14.4. The van der Waals surface area contributed by atoms with Crippen LogP contribution in [0.15, 0.2) is 30.3 Å². The SMILES string of the molecule is O=C(C1CCNC1)N1CCn2c(nnc2-c2ccccc2)C1. The third-order valence-corrected chi connectivity index (χ3v) is 4.51. The molecule has 2 aromatic rings. The van der Waals surface area contributed by atoms with Gasteiger partial charge in [0.25, 0.3) is 0 Å². The van der Waals surface area contributed by atoms with Crippen LogP contribution in [-0.2, 0) is 17.9 Å². The van der Waals surface area contributed by atoms with Crippen LogP contribution < -0.4 is 5.32 Å². The molecule has 0 radical (unpaired) electrons. The van der Waals surface area contributed by atoms with Crippen molar-refractivity contribution in [1.29, 1.82) is 0 Å². The van der Waals surface area contributed by atoms with Gasteiger partial charge in [-0.25, -0.2) is 0 Å². The molecule has 6 heteroatoms. The molecule has 2 aliphatic heterocycles. The van der Waals surface area contributed by atoms with E-state index in [0.717, 1.165) is 49.8 Å². The minimum Gasteiger partial charge on any atom is -0.333 e. The predicted octanol–water partition coefficient (Wildman–Crippen LogP) is 0.897. The molecule has 4 rings (SSSR count). The van der Waals surface area contributed by atoms with Crippen LogP contribution in [0.4, 0.5) is 0 Å². The van der Waals surface area contributed by atoms with E-state index in [-0.39, 0.29) is 11.8 Å². The van der Waals surface area contributed by atoms with Crippen molar-refractivity contribution >= 4 is 5.91 Å². The fourth-order valence-electron chi connectivity index (χ4n) is 3.27. The lowest BCUT2D eigenvalue weighted by atomic mass is 10.1. The predicted molar refractivity (Wildman–Crippen MR) is 81.9 cm³/mol. The molecule has 0 bridgehead atoms. The molecule has 0 saturated carbocycles. The van der Waals surface area contributed by atoms with Crippen LogP contribution in [0.3, 0.4) is 0 Å². The maximum Gasteiger partial charge on any atom is 0.227 e. The molecule has 1 aromatic carbocycles. The normalized spacial score (nSPS) is 20.9.